The molecule has 8 nitrogen and oxygen atoms in total. The highest BCUT2D eigenvalue weighted by atomic mass is 32.2. The molecule has 2 saturated heterocycles. The standard InChI is InChI=1S/C12H21N3O5S/c1-12(10(16)17)4-3-5-15(12)11(18)13-6-8-14(9-7-13)21(2,19)20/h3-9H2,1-2H3,(H,16,17). The van der Waals surface area contributed by atoms with E-state index < -0.39 is 21.5 Å². The summed E-state index contributed by atoms with van der Waals surface area (Å²) in [6.45, 7) is 3.07. The number of hydrogen-bond acceptors (Lipinski definition) is 4. The zero-order chi connectivity index (χ0) is 15.8. The number of nitrogens with zero attached hydrogens (tertiary/aromatic N) is 3. The van der Waals surface area contributed by atoms with Crippen LogP contribution in [-0.4, -0.2) is 84.1 Å². The zero-order valence-electron chi connectivity index (χ0n) is 12.3. The highest BCUT2D eigenvalue weighted by Gasteiger charge is 2.47. The van der Waals surface area contributed by atoms with E-state index in [1.165, 1.54) is 14.1 Å². The number of rotatable bonds is 2. The number of carboxylic acids is 1. The quantitative estimate of drug-likeness (QED) is 0.748. The highest BCUT2D eigenvalue weighted by molar-refractivity contribution is 7.88. The third-order valence-corrected chi connectivity index (χ3v) is 5.61. The van der Waals surface area contributed by atoms with Crippen LogP contribution in [0.15, 0.2) is 0 Å². The van der Waals surface area contributed by atoms with Gasteiger partial charge in [0, 0.05) is 32.7 Å². The second-order valence-electron chi connectivity index (χ2n) is 5.77. The molecule has 0 saturated carbocycles. The van der Waals surface area contributed by atoms with Crippen molar-refractivity contribution in [3.63, 3.8) is 0 Å². The molecular weight excluding hydrogens is 298 g/mol. The van der Waals surface area contributed by atoms with E-state index in [1.807, 2.05) is 0 Å². The van der Waals surface area contributed by atoms with E-state index in [0.717, 1.165) is 6.26 Å². The minimum Gasteiger partial charge on any atom is -0.480 e. The number of likely N-dealkylation sites (tertiary alicyclic amines) is 1. The molecule has 2 heterocycles. The molecule has 0 aliphatic carbocycles. The molecule has 0 aromatic rings. The van der Waals surface area contributed by atoms with Gasteiger partial charge in [0.05, 0.1) is 6.26 Å². The molecule has 21 heavy (non-hydrogen) atoms. The Hall–Kier alpha value is -1.35. The van der Waals surface area contributed by atoms with Crippen molar-refractivity contribution in [1.82, 2.24) is 14.1 Å². The third-order valence-electron chi connectivity index (χ3n) is 4.31. The van der Waals surface area contributed by atoms with Crippen LogP contribution in [0.3, 0.4) is 0 Å². The minimum absolute atomic E-state index is 0.252. The van der Waals surface area contributed by atoms with Gasteiger partial charge in [-0.15, -0.1) is 0 Å². The average Bonchev–Trinajstić information content (AvgIpc) is 2.80. The van der Waals surface area contributed by atoms with Crippen LogP contribution in [0.5, 0.6) is 0 Å². The van der Waals surface area contributed by atoms with Crippen molar-refractivity contribution in [2.45, 2.75) is 25.3 Å². The van der Waals surface area contributed by atoms with Gasteiger partial charge in [-0.1, -0.05) is 0 Å². The fraction of sp³-hybridized carbons (Fsp3) is 0.833. The molecule has 0 radical (unpaired) electrons. The monoisotopic (exact) mass is 319 g/mol. The predicted molar refractivity (Wildman–Crippen MR) is 75.4 cm³/mol. The van der Waals surface area contributed by atoms with Crippen molar-refractivity contribution in [1.29, 1.82) is 0 Å². The van der Waals surface area contributed by atoms with Crippen molar-refractivity contribution >= 4 is 22.0 Å². The molecule has 1 atom stereocenters. The Balaban J connectivity index is 2.04. The largest absolute Gasteiger partial charge is 0.480 e. The first kappa shape index (κ1) is 16.0. The number of amides is 2. The van der Waals surface area contributed by atoms with Gasteiger partial charge >= 0.3 is 12.0 Å². The molecule has 2 amide bonds. The van der Waals surface area contributed by atoms with E-state index in [-0.39, 0.29) is 32.2 Å². The first-order chi connectivity index (χ1) is 9.66. The number of sulfonamides is 1. The van der Waals surface area contributed by atoms with Gasteiger partial charge in [-0.2, -0.15) is 4.31 Å². The number of hydrogen-bond donors (Lipinski definition) is 1. The van der Waals surface area contributed by atoms with Crippen LogP contribution in [0.2, 0.25) is 0 Å². The van der Waals surface area contributed by atoms with E-state index in [0.29, 0.717) is 19.4 Å². The van der Waals surface area contributed by atoms with Gasteiger partial charge in [0.25, 0.3) is 0 Å². The van der Waals surface area contributed by atoms with E-state index in [1.54, 1.807) is 6.92 Å². The summed E-state index contributed by atoms with van der Waals surface area (Å²) < 4.78 is 24.2. The van der Waals surface area contributed by atoms with Crippen LogP contribution >= 0.6 is 0 Å². The topological polar surface area (TPSA) is 98.2 Å². The Morgan fingerprint density at radius 1 is 1.10 bits per heavy atom. The van der Waals surface area contributed by atoms with Crippen LogP contribution in [0.4, 0.5) is 4.79 Å². The molecular formula is C12H21N3O5S. The van der Waals surface area contributed by atoms with Crippen molar-refractivity contribution in [3.8, 4) is 0 Å². The lowest BCUT2D eigenvalue weighted by Gasteiger charge is -2.39. The number of aliphatic carboxylic acids is 1. The summed E-state index contributed by atoms with van der Waals surface area (Å²) in [4.78, 5) is 26.8. The first-order valence-corrected chi connectivity index (χ1v) is 8.76. The fourth-order valence-electron chi connectivity index (χ4n) is 2.87. The van der Waals surface area contributed by atoms with Gasteiger partial charge in [-0.25, -0.2) is 18.0 Å². The Morgan fingerprint density at radius 2 is 1.67 bits per heavy atom. The summed E-state index contributed by atoms with van der Waals surface area (Å²) >= 11 is 0. The number of carbonyl (C=O) groups excluding carboxylic acids is 1. The first-order valence-electron chi connectivity index (χ1n) is 6.91. The van der Waals surface area contributed by atoms with Gasteiger partial charge in [0.15, 0.2) is 0 Å². The summed E-state index contributed by atoms with van der Waals surface area (Å²) in [6.07, 6.45) is 2.25. The van der Waals surface area contributed by atoms with Crippen molar-refractivity contribution in [3.05, 3.63) is 0 Å². The van der Waals surface area contributed by atoms with E-state index in [9.17, 15) is 23.1 Å². The minimum atomic E-state index is -3.24. The summed E-state index contributed by atoms with van der Waals surface area (Å²) in [5.41, 5.74) is -1.16. The second kappa shape index (κ2) is 5.45. The summed E-state index contributed by atoms with van der Waals surface area (Å²) in [7, 11) is -3.24. The van der Waals surface area contributed by atoms with Crippen LogP contribution in [0, 0.1) is 0 Å². The number of carboxylic acid groups (broad SMARTS) is 1. The van der Waals surface area contributed by atoms with Crippen LogP contribution in [0.25, 0.3) is 0 Å². The van der Waals surface area contributed by atoms with E-state index in [4.69, 9.17) is 0 Å². The summed E-state index contributed by atoms with van der Waals surface area (Å²) in [5, 5.41) is 9.34. The lowest BCUT2D eigenvalue weighted by molar-refractivity contribution is -0.147. The van der Waals surface area contributed by atoms with Gasteiger partial charge in [0.1, 0.15) is 5.54 Å². The molecule has 2 rings (SSSR count). The summed E-state index contributed by atoms with van der Waals surface area (Å²) in [6, 6.07) is -0.314. The maximum Gasteiger partial charge on any atom is 0.329 e. The molecule has 120 valence electrons. The van der Waals surface area contributed by atoms with Gasteiger partial charge in [-0.3, -0.25) is 0 Å². The molecule has 2 fully saturated rings. The number of urea groups is 1. The molecule has 0 aromatic carbocycles. The molecule has 0 bridgehead atoms. The molecule has 9 heteroatoms. The SMILES string of the molecule is CC1(C(=O)O)CCCN1C(=O)N1CCN(S(C)(=O)=O)CC1. The van der Waals surface area contributed by atoms with Crippen molar-refractivity contribution in [2.24, 2.45) is 0 Å². The number of piperazine rings is 1. The lowest BCUT2D eigenvalue weighted by atomic mass is 10.00. The van der Waals surface area contributed by atoms with E-state index in [2.05, 4.69) is 0 Å². The third kappa shape index (κ3) is 2.98. The predicted octanol–water partition coefficient (Wildman–Crippen LogP) is -0.377. The van der Waals surface area contributed by atoms with Crippen LogP contribution < -0.4 is 0 Å². The molecule has 0 aromatic heterocycles. The van der Waals surface area contributed by atoms with Crippen LogP contribution in [-0.2, 0) is 14.8 Å². The smallest absolute Gasteiger partial charge is 0.329 e. The van der Waals surface area contributed by atoms with Gasteiger partial charge in [0.2, 0.25) is 10.0 Å². The van der Waals surface area contributed by atoms with E-state index >= 15 is 0 Å². The highest BCUT2D eigenvalue weighted by Crippen LogP contribution is 2.30. The Kier molecular flexibility index (Phi) is 4.16. The molecule has 1 N–H and O–H groups in total. The lowest BCUT2D eigenvalue weighted by Crippen LogP contribution is -2.59. The fourth-order valence-corrected chi connectivity index (χ4v) is 3.70. The van der Waals surface area contributed by atoms with Crippen LogP contribution in [0.1, 0.15) is 19.8 Å². The molecule has 0 spiro atoms. The van der Waals surface area contributed by atoms with Crippen molar-refractivity contribution in [2.75, 3.05) is 39.0 Å². The Morgan fingerprint density at radius 3 is 2.14 bits per heavy atom. The maximum atomic E-state index is 12.5. The van der Waals surface area contributed by atoms with Crippen molar-refractivity contribution < 1.29 is 23.1 Å². The normalized spacial score (nSPS) is 27.9. The zero-order valence-corrected chi connectivity index (χ0v) is 13.1. The summed E-state index contributed by atoms with van der Waals surface area (Å²) in [5.74, 6) is -0.997. The number of carbonyl (C=O) groups is 2. The Labute approximate surface area is 124 Å². The molecule has 2 aliphatic heterocycles. The molecule has 1 unspecified atom stereocenters. The molecule has 2 aliphatic rings. The second-order valence-corrected chi connectivity index (χ2v) is 7.75. The Bertz CT molecular complexity index is 541. The van der Waals surface area contributed by atoms with Gasteiger partial charge in [-0.05, 0) is 19.8 Å². The van der Waals surface area contributed by atoms with Gasteiger partial charge < -0.3 is 14.9 Å². The average molecular weight is 319 g/mol. The maximum absolute atomic E-state index is 12.5.